The molecule has 2 aromatic carbocycles. The molecule has 0 saturated heterocycles. The number of amides is 1. The number of fused-ring (bicyclic) bond motifs is 1. The van der Waals surface area contributed by atoms with Crippen molar-refractivity contribution in [1.29, 1.82) is 5.26 Å². The second-order valence-electron chi connectivity index (χ2n) is 6.90. The summed E-state index contributed by atoms with van der Waals surface area (Å²) in [6.45, 7) is 1.99. The molecule has 1 aromatic heterocycles. The molecule has 6 heteroatoms. The summed E-state index contributed by atoms with van der Waals surface area (Å²) in [7, 11) is 0. The molecule has 0 unspecified atom stereocenters. The van der Waals surface area contributed by atoms with Crippen LogP contribution in [0, 0.1) is 16.7 Å². The molecule has 134 valence electrons. The minimum Gasteiger partial charge on any atom is -0.301 e. The van der Waals surface area contributed by atoms with Crippen LogP contribution in [-0.4, -0.2) is 10.9 Å². The molecule has 4 rings (SSSR count). The van der Waals surface area contributed by atoms with Crippen LogP contribution in [0.5, 0.6) is 0 Å². The zero-order valence-corrected chi connectivity index (χ0v) is 17.0. The molecule has 2 atom stereocenters. The van der Waals surface area contributed by atoms with Gasteiger partial charge < -0.3 is 5.32 Å². The molecular weight excluding hydrogens is 422 g/mol. The molecule has 1 aliphatic rings. The number of thiazole rings is 1. The van der Waals surface area contributed by atoms with Gasteiger partial charge in [-0.25, -0.2) is 4.98 Å². The van der Waals surface area contributed by atoms with E-state index in [1.54, 1.807) is 6.20 Å². The minimum absolute atomic E-state index is 0.0582. The predicted octanol–water partition coefficient (Wildman–Crippen LogP) is 5.11. The number of nitriles is 1. The number of halogens is 1. The fourth-order valence-corrected chi connectivity index (χ4v) is 4.85. The van der Waals surface area contributed by atoms with Crippen molar-refractivity contribution in [3.05, 3.63) is 80.8 Å². The number of hydrogen-bond donors (Lipinski definition) is 1. The molecule has 0 aliphatic heterocycles. The fourth-order valence-electron chi connectivity index (χ4n) is 3.91. The Hall–Kier alpha value is -2.49. The summed E-state index contributed by atoms with van der Waals surface area (Å²) in [6.07, 6.45) is 2.29. The van der Waals surface area contributed by atoms with E-state index in [9.17, 15) is 10.1 Å². The molecule has 3 aromatic rings. The summed E-state index contributed by atoms with van der Waals surface area (Å²) in [6, 6.07) is 16.0. The van der Waals surface area contributed by atoms with Crippen molar-refractivity contribution in [3.8, 4) is 6.07 Å². The third-order valence-electron chi connectivity index (χ3n) is 5.13. The van der Waals surface area contributed by atoms with Crippen molar-refractivity contribution < 1.29 is 4.79 Å². The first-order chi connectivity index (χ1) is 13.0. The van der Waals surface area contributed by atoms with Crippen molar-refractivity contribution in [3.63, 3.8) is 0 Å². The van der Waals surface area contributed by atoms with Crippen LogP contribution in [0.1, 0.15) is 35.1 Å². The SMILES string of the molecule is C[C@@]1(C(=O)Nc2nccs2)Cc2ccc(C#N)cc2[C@@H]1c1cccc(Br)c1. The maximum Gasteiger partial charge on any atom is 0.233 e. The highest BCUT2D eigenvalue weighted by molar-refractivity contribution is 9.10. The van der Waals surface area contributed by atoms with E-state index in [0.29, 0.717) is 17.1 Å². The van der Waals surface area contributed by atoms with Crippen molar-refractivity contribution in [2.45, 2.75) is 19.3 Å². The van der Waals surface area contributed by atoms with Gasteiger partial charge in [-0.2, -0.15) is 5.26 Å². The third-order valence-corrected chi connectivity index (χ3v) is 6.32. The number of carbonyl (C=O) groups excluding carboxylic acids is 1. The first kappa shape index (κ1) is 17.9. The summed E-state index contributed by atoms with van der Waals surface area (Å²) in [5.41, 5.74) is 3.14. The highest BCUT2D eigenvalue weighted by atomic mass is 79.9. The number of carbonyl (C=O) groups is 1. The van der Waals surface area contributed by atoms with Gasteiger partial charge in [0.1, 0.15) is 0 Å². The zero-order valence-electron chi connectivity index (χ0n) is 14.6. The molecule has 1 N–H and O–H groups in total. The monoisotopic (exact) mass is 437 g/mol. The van der Waals surface area contributed by atoms with Gasteiger partial charge in [-0.1, -0.05) is 34.1 Å². The van der Waals surface area contributed by atoms with Crippen molar-refractivity contribution in [2.24, 2.45) is 5.41 Å². The molecule has 1 heterocycles. The molecule has 0 radical (unpaired) electrons. The first-order valence-corrected chi connectivity index (χ1v) is 10.2. The Kier molecular flexibility index (Phi) is 4.58. The van der Waals surface area contributed by atoms with E-state index in [2.05, 4.69) is 32.3 Å². The number of aromatic nitrogens is 1. The van der Waals surface area contributed by atoms with Crippen LogP contribution in [0.3, 0.4) is 0 Å². The Labute approximate surface area is 170 Å². The summed E-state index contributed by atoms with van der Waals surface area (Å²) in [4.78, 5) is 17.5. The van der Waals surface area contributed by atoms with E-state index in [1.807, 2.05) is 54.8 Å². The molecule has 1 aliphatic carbocycles. The zero-order chi connectivity index (χ0) is 19.0. The van der Waals surface area contributed by atoms with Crippen LogP contribution in [0.4, 0.5) is 5.13 Å². The standard InChI is InChI=1S/C21H16BrN3OS/c1-21(19(26)25-20-24-7-8-27-20)11-15-6-5-13(12-23)9-17(15)18(21)14-3-2-4-16(22)10-14/h2-10,18H,11H2,1H3,(H,24,25,26)/t18-,21+/m0/s1. The molecular formula is C21H16BrN3OS. The molecule has 0 bridgehead atoms. The number of anilines is 1. The fraction of sp³-hybridized carbons (Fsp3) is 0.190. The van der Waals surface area contributed by atoms with E-state index in [0.717, 1.165) is 21.2 Å². The number of nitrogens with one attached hydrogen (secondary N) is 1. The van der Waals surface area contributed by atoms with Crippen LogP contribution < -0.4 is 5.32 Å². The molecule has 0 spiro atoms. The van der Waals surface area contributed by atoms with Gasteiger partial charge in [0.15, 0.2) is 5.13 Å². The molecule has 4 nitrogen and oxygen atoms in total. The van der Waals surface area contributed by atoms with Crippen LogP contribution in [0.25, 0.3) is 0 Å². The quantitative estimate of drug-likeness (QED) is 0.618. The summed E-state index contributed by atoms with van der Waals surface area (Å²) in [5.74, 6) is -0.199. The maximum absolute atomic E-state index is 13.3. The Morgan fingerprint density at radius 2 is 2.22 bits per heavy atom. The average Bonchev–Trinajstić information content (AvgIpc) is 3.26. The minimum atomic E-state index is -0.678. The second kappa shape index (κ2) is 6.91. The topological polar surface area (TPSA) is 65.8 Å². The van der Waals surface area contributed by atoms with Gasteiger partial charge in [0, 0.05) is 22.0 Å². The smallest absolute Gasteiger partial charge is 0.233 e. The van der Waals surface area contributed by atoms with E-state index in [-0.39, 0.29) is 11.8 Å². The van der Waals surface area contributed by atoms with Gasteiger partial charge in [0.2, 0.25) is 5.91 Å². The summed E-state index contributed by atoms with van der Waals surface area (Å²) in [5, 5.41) is 14.8. The first-order valence-electron chi connectivity index (χ1n) is 8.50. The van der Waals surface area contributed by atoms with Gasteiger partial charge in [-0.05, 0) is 54.3 Å². The molecule has 0 fully saturated rings. The Morgan fingerprint density at radius 1 is 1.37 bits per heavy atom. The van der Waals surface area contributed by atoms with Gasteiger partial charge in [0.25, 0.3) is 0 Å². The van der Waals surface area contributed by atoms with E-state index >= 15 is 0 Å². The van der Waals surface area contributed by atoms with Crippen LogP contribution >= 0.6 is 27.3 Å². The Bertz CT molecular complexity index is 1060. The molecule has 1 amide bonds. The second-order valence-corrected chi connectivity index (χ2v) is 8.71. The Balaban J connectivity index is 1.83. The number of nitrogens with zero attached hydrogens (tertiary/aromatic N) is 2. The lowest BCUT2D eigenvalue weighted by molar-refractivity contribution is -0.125. The molecule has 27 heavy (non-hydrogen) atoms. The van der Waals surface area contributed by atoms with Gasteiger partial charge in [0.05, 0.1) is 17.0 Å². The lowest BCUT2D eigenvalue weighted by atomic mass is 9.73. The maximum atomic E-state index is 13.3. The van der Waals surface area contributed by atoms with E-state index in [1.165, 1.54) is 11.3 Å². The normalized spacial score (nSPS) is 20.7. The van der Waals surface area contributed by atoms with Crippen LogP contribution in [0.15, 0.2) is 58.5 Å². The summed E-state index contributed by atoms with van der Waals surface area (Å²) < 4.78 is 0.965. The number of benzene rings is 2. The highest BCUT2D eigenvalue weighted by Gasteiger charge is 2.49. The average molecular weight is 438 g/mol. The van der Waals surface area contributed by atoms with Crippen LogP contribution in [0.2, 0.25) is 0 Å². The number of rotatable bonds is 3. The van der Waals surface area contributed by atoms with Gasteiger partial charge >= 0.3 is 0 Å². The van der Waals surface area contributed by atoms with Gasteiger partial charge in [-0.3, -0.25) is 4.79 Å². The van der Waals surface area contributed by atoms with Gasteiger partial charge in [-0.15, -0.1) is 11.3 Å². The van der Waals surface area contributed by atoms with Crippen molar-refractivity contribution in [1.82, 2.24) is 4.98 Å². The lowest BCUT2D eigenvalue weighted by Crippen LogP contribution is -2.37. The van der Waals surface area contributed by atoms with Crippen molar-refractivity contribution >= 4 is 38.3 Å². The number of hydrogen-bond acceptors (Lipinski definition) is 4. The lowest BCUT2D eigenvalue weighted by Gasteiger charge is -2.31. The third kappa shape index (κ3) is 3.18. The van der Waals surface area contributed by atoms with E-state index < -0.39 is 5.41 Å². The Morgan fingerprint density at radius 3 is 2.93 bits per heavy atom. The molecule has 0 saturated carbocycles. The van der Waals surface area contributed by atoms with Crippen molar-refractivity contribution in [2.75, 3.05) is 5.32 Å². The van der Waals surface area contributed by atoms with Crippen LogP contribution in [-0.2, 0) is 11.2 Å². The summed E-state index contributed by atoms with van der Waals surface area (Å²) >= 11 is 4.94. The highest BCUT2D eigenvalue weighted by Crippen LogP contribution is 2.51. The van der Waals surface area contributed by atoms with E-state index in [4.69, 9.17) is 0 Å². The largest absolute Gasteiger partial charge is 0.301 e. The predicted molar refractivity (Wildman–Crippen MR) is 110 cm³/mol.